The molecular formula is C22H36Cl2SiZr. The van der Waals surface area contributed by atoms with E-state index in [2.05, 4.69) is 78.0 Å². The van der Waals surface area contributed by atoms with Crippen molar-refractivity contribution >= 4 is 9.52 Å². The summed E-state index contributed by atoms with van der Waals surface area (Å²) in [7, 11) is 0.543. The predicted molar refractivity (Wildman–Crippen MR) is 107 cm³/mol. The predicted octanol–water partition coefficient (Wildman–Crippen LogP) is 0.235. The van der Waals surface area contributed by atoms with Crippen LogP contribution in [-0.4, -0.2) is 9.52 Å². The average molecular weight is 491 g/mol. The van der Waals surface area contributed by atoms with Crippen LogP contribution in [0.3, 0.4) is 0 Å². The van der Waals surface area contributed by atoms with Crippen LogP contribution in [0.15, 0.2) is 35.5 Å². The van der Waals surface area contributed by atoms with Gasteiger partial charge in [0.15, 0.2) is 0 Å². The first-order chi connectivity index (χ1) is 10.7. The Labute approximate surface area is 197 Å². The fourth-order valence-electron chi connectivity index (χ4n) is 2.72. The van der Waals surface area contributed by atoms with Crippen LogP contribution < -0.4 is 24.8 Å². The minimum Gasteiger partial charge on any atom is -1.00 e. The molecule has 0 aromatic carbocycles. The zero-order valence-electron chi connectivity index (χ0n) is 17.5. The van der Waals surface area contributed by atoms with Crippen molar-refractivity contribution in [1.29, 1.82) is 0 Å². The quantitative estimate of drug-likeness (QED) is 0.337. The third kappa shape index (κ3) is 13.8. The summed E-state index contributed by atoms with van der Waals surface area (Å²) in [5.41, 5.74) is 3.48. The van der Waals surface area contributed by atoms with E-state index in [0.29, 0.717) is 20.3 Å². The van der Waals surface area contributed by atoms with E-state index in [4.69, 9.17) is 0 Å². The summed E-state index contributed by atoms with van der Waals surface area (Å²) in [4.78, 5) is 0. The van der Waals surface area contributed by atoms with Crippen LogP contribution in [0.1, 0.15) is 67.2 Å². The molecule has 0 nitrogen and oxygen atoms in total. The Morgan fingerprint density at radius 3 is 1.19 bits per heavy atom. The number of rotatable bonds is 0. The summed E-state index contributed by atoms with van der Waals surface area (Å²) in [6.45, 7) is 13.3. The maximum Gasteiger partial charge on any atom is 4.00 e. The molecule has 0 saturated carbocycles. The van der Waals surface area contributed by atoms with Gasteiger partial charge < -0.3 is 24.8 Å². The van der Waals surface area contributed by atoms with Gasteiger partial charge in [0.05, 0.1) is 0 Å². The standard InChI is InChI=1S/2C9H13.C4H10Si.2ClH.Zr/c2*1-9(2,3)8-6-4-5-7-8;1-2-4-5-3-1;;;/h2*6-7H,4H2,1-3H3;1-5H2;2*1H;/q2*-1;;;;+4/p-2. The third-order valence-corrected chi connectivity index (χ3v) is 6.38. The Morgan fingerprint density at radius 1 is 0.731 bits per heavy atom. The van der Waals surface area contributed by atoms with Crippen molar-refractivity contribution in [3.8, 4) is 0 Å². The van der Waals surface area contributed by atoms with Crippen molar-refractivity contribution in [2.45, 2.75) is 79.3 Å². The van der Waals surface area contributed by atoms with E-state index >= 15 is 0 Å². The normalized spacial score (nSPS) is 17.3. The first-order valence-corrected chi connectivity index (χ1v) is 11.3. The summed E-state index contributed by atoms with van der Waals surface area (Å²) in [6.07, 6.45) is 20.1. The SMILES string of the molecule is C1CC[SiH2]C1.CC(C)(C)C1=CC[C-]=C1.CC(C)(C)C1=CC[C-]=C1.[Cl-].[Cl-].[Zr+4]. The first-order valence-electron chi connectivity index (χ1n) is 9.26. The summed E-state index contributed by atoms with van der Waals surface area (Å²) < 4.78 is 0. The van der Waals surface area contributed by atoms with E-state index < -0.39 is 0 Å². The minimum atomic E-state index is 0. The minimum absolute atomic E-state index is 0. The van der Waals surface area contributed by atoms with E-state index in [0.717, 1.165) is 12.8 Å². The maximum absolute atomic E-state index is 3.16. The van der Waals surface area contributed by atoms with Gasteiger partial charge in [-0.3, -0.25) is 12.2 Å². The van der Waals surface area contributed by atoms with Crippen molar-refractivity contribution in [2.75, 3.05) is 0 Å². The zero-order valence-corrected chi connectivity index (χ0v) is 22.9. The molecule has 0 spiro atoms. The van der Waals surface area contributed by atoms with Crippen molar-refractivity contribution in [3.63, 3.8) is 0 Å². The van der Waals surface area contributed by atoms with Crippen molar-refractivity contribution in [3.05, 3.63) is 47.6 Å². The summed E-state index contributed by atoms with van der Waals surface area (Å²) >= 11 is 0. The van der Waals surface area contributed by atoms with Gasteiger partial charge in [0, 0.05) is 9.52 Å². The van der Waals surface area contributed by atoms with Crippen molar-refractivity contribution < 1.29 is 51.0 Å². The summed E-state index contributed by atoms with van der Waals surface area (Å²) in [5.74, 6) is 0. The molecule has 4 heteroatoms. The molecule has 0 N–H and O–H groups in total. The monoisotopic (exact) mass is 488 g/mol. The van der Waals surface area contributed by atoms with Gasteiger partial charge >= 0.3 is 26.2 Å². The molecule has 0 aromatic rings. The molecule has 0 aromatic heterocycles. The second-order valence-electron chi connectivity index (χ2n) is 8.69. The fourth-order valence-corrected chi connectivity index (χ4v) is 4.49. The molecule has 1 fully saturated rings. The number of hydrogen-bond donors (Lipinski definition) is 0. The van der Waals surface area contributed by atoms with Crippen LogP contribution in [0.25, 0.3) is 0 Å². The molecule has 2 aliphatic carbocycles. The van der Waals surface area contributed by atoms with Crippen LogP contribution >= 0.6 is 0 Å². The Kier molecular flexibility index (Phi) is 18.7. The van der Waals surface area contributed by atoms with E-state index in [-0.39, 0.29) is 51.0 Å². The van der Waals surface area contributed by atoms with E-state index in [1.54, 1.807) is 24.9 Å². The van der Waals surface area contributed by atoms with Gasteiger partial charge in [-0.2, -0.15) is 23.3 Å². The molecule has 1 aliphatic heterocycles. The molecule has 0 atom stereocenters. The molecule has 0 radical (unpaired) electrons. The van der Waals surface area contributed by atoms with E-state index in [1.165, 1.54) is 11.1 Å². The molecule has 1 saturated heterocycles. The van der Waals surface area contributed by atoms with Crippen LogP contribution in [0.5, 0.6) is 0 Å². The van der Waals surface area contributed by atoms with Crippen LogP contribution in [-0.2, 0) is 26.2 Å². The van der Waals surface area contributed by atoms with Crippen LogP contribution in [0.2, 0.25) is 12.1 Å². The van der Waals surface area contributed by atoms with Gasteiger partial charge in [-0.05, 0) is 0 Å². The molecule has 3 aliphatic rings. The molecule has 0 unspecified atom stereocenters. The van der Waals surface area contributed by atoms with Gasteiger partial charge in [-0.1, -0.05) is 77.3 Å². The van der Waals surface area contributed by atoms with E-state index in [1.807, 2.05) is 0 Å². The molecule has 26 heavy (non-hydrogen) atoms. The van der Waals surface area contributed by atoms with Crippen LogP contribution in [0.4, 0.5) is 0 Å². The molecule has 0 bridgehead atoms. The topological polar surface area (TPSA) is 0 Å². The Balaban J connectivity index is -0.000000298. The van der Waals surface area contributed by atoms with Gasteiger partial charge in [0.25, 0.3) is 0 Å². The van der Waals surface area contributed by atoms with E-state index in [9.17, 15) is 0 Å². The summed E-state index contributed by atoms with van der Waals surface area (Å²) in [6, 6.07) is 3.28. The number of hydrogen-bond acceptors (Lipinski definition) is 0. The average Bonchev–Trinajstić information content (AvgIpc) is 3.22. The second-order valence-corrected chi connectivity index (χ2v) is 10.8. The van der Waals surface area contributed by atoms with Crippen LogP contribution in [0, 0.1) is 23.0 Å². The first kappa shape index (κ1) is 31.3. The van der Waals surface area contributed by atoms with Gasteiger partial charge in [-0.25, -0.2) is 12.2 Å². The molecule has 3 rings (SSSR count). The number of allylic oxidation sites excluding steroid dienone is 8. The smallest absolute Gasteiger partial charge is 1.00 e. The van der Waals surface area contributed by atoms with Gasteiger partial charge in [0.1, 0.15) is 0 Å². The molecule has 0 amide bonds. The number of halogens is 2. The Hall–Kier alpha value is 0.640. The molecular weight excluding hydrogens is 454 g/mol. The molecule has 146 valence electrons. The fraction of sp³-hybridized carbons (Fsp3) is 0.636. The Bertz CT molecular complexity index is 426. The van der Waals surface area contributed by atoms with Gasteiger partial charge in [-0.15, -0.1) is 12.8 Å². The molecule has 1 heterocycles. The largest absolute Gasteiger partial charge is 4.00 e. The van der Waals surface area contributed by atoms with Gasteiger partial charge in [0.2, 0.25) is 0 Å². The zero-order chi connectivity index (χ0) is 17.3. The van der Waals surface area contributed by atoms with Crippen molar-refractivity contribution in [1.82, 2.24) is 0 Å². The summed E-state index contributed by atoms with van der Waals surface area (Å²) in [5, 5.41) is 0. The Morgan fingerprint density at radius 2 is 1.08 bits per heavy atom. The third-order valence-electron chi connectivity index (χ3n) is 4.38. The second kappa shape index (κ2) is 15.5. The maximum atomic E-state index is 3.16. The van der Waals surface area contributed by atoms with Crippen molar-refractivity contribution in [2.24, 2.45) is 10.8 Å².